The monoisotopic (exact) mass is 601 g/mol. The number of aromatic nitrogens is 1. The highest BCUT2D eigenvalue weighted by molar-refractivity contribution is 5.99. The molecule has 1 N–H and O–H groups in total. The molecule has 2 aromatic rings. The van der Waals surface area contributed by atoms with Crippen molar-refractivity contribution in [3.8, 4) is 5.75 Å². The summed E-state index contributed by atoms with van der Waals surface area (Å²) < 4.78 is 39.8. The van der Waals surface area contributed by atoms with Gasteiger partial charge in [0.1, 0.15) is 23.3 Å². The Hall–Kier alpha value is -4.49. The van der Waals surface area contributed by atoms with E-state index >= 15 is 0 Å². The van der Waals surface area contributed by atoms with Crippen LogP contribution in [0.4, 0.5) is 13.6 Å². The topological polar surface area (TPSA) is 132 Å². The maximum atomic E-state index is 14.2. The number of pyridine rings is 1. The third-order valence-electron chi connectivity index (χ3n) is 7.80. The number of fused-ring (bicyclic) bond motifs is 4. The SMILES string of the molecule is CC(C)=NOC1CCC(C)N2CC1n1cc(C(=O)NCc3ccc(F)cc3F)c(=O)c(OCOC(=O)N3CCC3)c1C2=O. The number of oxime groups is 1. The second-order valence-corrected chi connectivity index (χ2v) is 11.0. The normalized spacial score (nSPS) is 20.8. The lowest BCUT2D eigenvalue weighted by molar-refractivity contribution is 0.00539. The lowest BCUT2D eigenvalue weighted by Gasteiger charge is -2.38. The predicted molar refractivity (Wildman–Crippen MR) is 149 cm³/mol. The van der Waals surface area contributed by atoms with Crippen molar-refractivity contribution in [2.45, 2.75) is 64.8 Å². The predicted octanol–water partition coefficient (Wildman–Crippen LogP) is 3.20. The highest BCUT2D eigenvalue weighted by Crippen LogP contribution is 2.36. The van der Waals surface area contributed by atoms with Gasteiger partial charge in [-0.25, -0.2) is 13.6 Å². The van der Waals surface area contributed by atoms with E-state index in [9.17, 15) is 28.0 Å². The minimum Gasteiger partial charge on any atom is -0.451 e. The van der Waals surface area contributed by atoms with E-state index in [0.29, 0.717) is 37.7 Å². The fraction of sp³-hybridized carbons (Fsp3) is 0.483. The molecule has 2 bridgehead atoms. The second-order valence-electron chi connectivity index (χ2n) is 11.0. The van der Waals surface area contributed by atoms with Crippen molar-refractivity contribution in [3.05, 3.63) is 63.1 Å². The van der Waals surface area contributed by atoms with Gasteiger partial charge < -0.3 is 34.0 Å². The number of rotatable bonds is 8. The summed E-state index contributed by atoms with van der Waals surface area (Å²) in [5.74, 6) is -3.45. The molecule has 12 nitrogen and oxygen atoms in total. The van der Waals surface area contributed by atoms with Crippen LogP contribution in [0.1, 0.15) is 72.5 Å². The van der Waals surface area contributed by atoms with Crippen LogP contribution in [-0.2, 0) is 16.1 Å². The van der Waals surface area contributed by atoms with Crippen LogP contribution in [0.2, 0.25) is 0 Å². The van der Waals surface area contributed by atoms with Crippen molar-refractivity contribution < 1.29 is 37.5 Å². The molecule has 3 unspecified atom stereocenters. The molecular weight excluding hydrogens is 568 g/mol. The summed E-state index contributed by atoms with van der Waals surface area (Å²) >= 11 is 0. The molecule has 0 spiro atoms. The minimum atomic E-state index is -0.913. The van der Waals surface area contributed by atoms with Gasteiger partial charge >= 0.3 is 6.09 Å². The van der Waals surface area contributed by atoms with Crippen LogP contribution in [-0.4, -0.2) is 76.6 Å². The molecule has 1 aromatic carbocycles. The zero-order valence-electron chi connectivity index (χ0n) is 24.1. The fourth-order valence-corrected chi connectivity index (χ4v) is 5.27. The summed E-state index contributed by atoms with van der Waals surface area (Å²) in [4.78, 5) is 62.0. The average Bonchev–Trinajstić information content (AvgIpc) is 3.07. The second kappa shape index (κ2) is 12.4. The molecule has 1 aromatic heterocycles. The molecular formula is C29H33F2N5O7. The lowest BCUT2D eigenvalue weighted by Crippen LogP contribution is -2.49. The van der Waals surface area contributed by atoms with Crippen LogP contribution >= 0.6 is 0 Å². The van der Waals surface area contributed by atoms with E-state index in [0.717, 1.165) is 12.5 Å². The van der Waals surface area contributed by atoms with Crippen molar-refractivity contribution in [2.24, 2.45) is 5.16 Å². The Kier molecular flexibility index (Phi) is 8.64. The number of benzene rings is 1. The highest BCUT2D eigenvalue weighted by Gasteiger charge is 2.44. The maximum absolute atomic E-state index is 14.2. The van der Waals surface area contributed by atoms with Gasteiger partial charge in [0.15, 0.2) is 5.69 Å². The Labute approximate surface area is 246 Å². The summed E-state index contributed by atoms with van der Waals surface area (Å²) in [5, 5.41) is 6.61. The van der Waals surface area contributed by atoms with Gasteiger partial charge in [0.05, 0.1) is 11.8 Å². The van der Waals surface area contributed by atoms with Crippen molar-refractivity contribution in [1.82, 2.24) is 19.7 Å². The zero-order chi connectivity index (χ0) is 30.8. The Morgan fingerprint density at radius 2 is 1.91 bits per heavy atom. The third-order valence-corrected chi connectivity index (χ3v) is 7.80. The average molecular weight is 602 g/mol. The minimum absolute atomic E-state index is 0.00651. The molecule has 3 aliphatic rings. The fourth-order valence-electron chi connectivity index (χ4n) is 5.27. The van der Waals surface area contributed by atoms with Gasteiger partial charge in [-0.15, -0.1) is 0 Å². The summed E-state index contributed by atoms with van der Waals surface area (Å²) in [6.45, 7) is 5.75. The van der Waals surface area contributed by atoms with Crippen molar-refractivity contribution in [1.29, 1.82) is 0 Å². The molecule has 0 radical (unpaired) electrons. The van der Waals surface area contributed by atoms with E-state index in [2.05, 4.69) is 10.5 Å². The van der Waals surface area contributed by atoms with E-state index in [1.54, 1.807) is 18.7 Å². The first-order chi connectivity index (χ1) is 20.5. The van der Waals surface area contributed by atoms with E-state index < -0.39 is 59.7 Å². The number of nitrogens with zero attached hydrogens (tertiary/aromatic N) is 4. The van der Waals surface area contributed by atoms with Crippen molar-refractivity contribution >= 4 is 23.6 Å². The first-order valence-corrected chi connectivity index (χ1v) is 14.1. The zero-order valence-corrected chi connectivity index (χ0v) is 24.1. The van der Waals surface area contributed by atoms with E-state index in [-0.39, 0.29) is 36.0 Å². The van der Waals surface area contributed by atoms with E-state index in [1.165, 1.54) is 21.7 Å². The number of carbonyl (C=O) groups excluding carboxylic acids is 3. The number of nitrogens with one attached hydrogen (secondary N) is 1. The molecule has 43 heavy (non-hydrogen) atoms. The summed E-state index contributed by atoms with van der Waals surface area (Å²) in [5.41, 5.74) is -0.719. The van der Waals surface area contributed by atoms with Crippen LogP contribution in [0.5, 0.6) is 5.75 Å². The van der Waals surface area contributed by atoms with Gasteiger partial charge in [-0.2, -0.15) is 0 Å². The Balaban J connectivity index is 1.53. The number of carbonyl (C=O) groups is 3. The quantitative estimate of drug-likeness (QED) is 0.279. The van der Waals surface area contributed by atoms with Gasteiger partial charge in [-0.1, -0.05) is 11.2 Å². The van der Waals surface area contributed by atoms with Crippen LogP contribution in [0.3, 0.4) is 0 Å². The number of ether oxygens (including phenoxy) is 2. The van der Waals surface area contributed by atoms with Crippen LogP contribution in [0, 0.1) is 11.6 Å². The molecule has 0 aliphatic carbocycles. The summed E-state index contributed by atoms with van der Waals surface area (Å²) in [6.07, 6.45) is 2.10. The number of halogens is 2. The van der Waals surface area contributed by atoms with Gasteiger partial charge in [0.2, 0.25) is 18.0 Å². The molecule has 2 fully saturated rings. The first-order valence-electron chi connectivity index (χ1n) is 14.1. The smallest absolute Gasteiger partial charge is 0.412 e. The van der Waals surface area contributed by atoms with Crippen LogP contribution < -0.4 is 15.5 Å². The Bertz CT molecular complexity index is 1520. The first kappa shape index (κ1) is 30.0. The van der Waals surface area contributed by atoms with Crippen molar-refractivity contribution in [3.63, 3.8) is 0 Å². The molecule has 3 atom stereocenters. The Morgan fingerprint density at radius 3 is 2.58 bits per heavy atom. The number of hydrogen-bond donors (Lipinski definition) is 1. The molecule has 3 amide bonds. The standard InChI is InChI=1S/C29H33F2N5O7/c1-16(2)33-43-23-8-5-17(3)35-14-22(23)36-13-20(27(38)32-12-18-6-7-19(30)11-21(18)31)25(37)26(24(36)28(35)39)41-15-42-29(40)34-9-4-10-34/h6-7,11,13,17,22-23H,4-5,8-10,12,14-15H2,1-3H3,(H,32,38). The largest absolute Gasteiger partial charge is 0.451 e. The van der Waals surface area contributed by atoms with Crippen LogP contribution in [0.25, 0.3) is 0 Å². The van der Waals surface area contributed by atoms with Gasteiger partial charge in [0.25, 0.3) is 11.8 Å². The van der Waals surface area contributed by atoms with Crippen molar-refractivity contribution in [2.75, 3.05) is 26.4 Å². The number of amides is 3. The summed E-state index contributed by atoms with van der Waals surface area (Å²) in [6, 6.07) is 2.19. The number of likely N-dealkylation sites (tertiary alicyclic amines) is 1. The van der Waals surface area contributed by atoms with Gasteiger partial charge in [0, 0.05) is 50.0 Å². The molecule has 4 heterocycles. The van der Waals surface area contributed by atoms with Gasteiger partial charge in [-0.05, 0) is 46.1 Å². The van der Waals surface area contributed by atoms with Crippen LogP contribution in [0.15, 0.2) is 34.3 Å². The molecule has 14 heteroatoms. The lowest BCUT2D eigenvalue weighted by atomic mass is 10.0. The molecule has 230 valence electrons. The molecule has 3 aliphatic heterocycles. The summed E-state index contributed by atoms with van der Waals surface area (Å²) in [7, 11) is 0. The maximum Gasteiger partial charge on any atom is 0.412 e. The van der Waals surface area contributed by atoms with Gasteiger partial charge in [-0.3, -0.25) is 14.4 Å². The third kappa shape index (κ3) is 6.18. The molecule has 5 rings (SSSR count). The van der Waals surface area contributed by atoms with E-state index in [4.69, 9.17) is 14.3 Å². The molecule has 2 saturated heterocycles. The Morgan fingerprint density at radius 1 is 1.14 bits per heavy atom. The van der Waals surface area contributed by atoms with E-state index in [1.807, 2.05) is 6.92 Å². The molecule has 0 saturated carbocycles. The number of hydrogen-bond acceptors (Lipinski definition) is 8. The highest BCUT2D eigenvalue weighted by atomic mass is 19.1.